The molecule has 1 unspecified atom stereocenters. The van der Waals surface area contributed by atoms with Gasteiger partial charge >= 0.3 is 0 Å². The smallest absolute Gasteiger partial charge is 0.251 e. The minimum atomic E-state index is -0.613. The first-order valence-electron chi connectivity index (χ1n) is 8.77. The minimum absolute atomic E-state index is 0.125. The van der Waals surface area contributed by atoms with Gasteiger partial charge in [-0.1, -0.05) is 42.5 Å². The molecule has 0 aromatic heterocycles. The van der Waals surface area contributed by atoms with Crippen molar-refractivity contribution in [3.05, 3.63) is 77.9 Å². The van der Waals surface area contributed by atoms with Gasteiger partial charge in [0.1, 0.15) is 0 Å². The van der Waals surface area contributed by atoms with E-state index in [9.17, 15) is 9.90 Å². The number of rotatable bonds is 6. The summed E-state index contributed by atoms with van der Waals surface area (Å²) < 4.78 is 0. The number of nitrogens with one attached hydrogen (secondary N) is 1. The zero-order valence-electron chi connectivity index (χ0n) is 15.1. The van der Waals surface area contributed by atoms with E-state index < -0.39 is 6.10 Å². The third kappa shape index (κ3) is 4.03. The Labute approximate surface area is 154 Å². The molecule has 4 nitrogen and oxygen atoms in total. The highest BCUT2D eigenvalue weighted by Gasteiger charge is 2.12. The summed E-state index contributed by atoms with van der Waals surface area (Å²) in [5.41, 5.74) is 2.57. The van der Waals surface area contributed by atoms with Crippen molar-refractivity contribution >= 4 is 22.4 Å². The highest BCUT2D eigenvalue weighted by Crippen LogP contribution is 2.25. The van der Waals surface area contributed by atoms with Crippen LogP contribution in [0, 0.1) is 0 Å². The summed E-state index contributed by atoms with van der Waals surface area (Å²) in [5, 5.41) is 15.6. The van der Waals surface area contributed by atoms with Crippen LogP contribution in [0.4, 0.5) is 5.69 Å². The van der Waals surface area contributed by atoms with Gasteiger partial charge in [-0.15, -0.1) is 0 Å². The van der Waals surface area contributed by atoms with Gasteiger partial charge in [-0.2, -0.15) is 0 Å². The van der Waals surface area contributed by atoms with Gasteiger partial charge in [-0.3, -0.25) is 4.79 Å². The molecule has 0 bridgehead atoms. The quantitative estimate of drug-likeness (QED) is 0.713. The summed E-state index contributed by atoms with van der Waals surface area (Å²) in [6.07, 6.45) is -0.146. The van der Waals surface area contributed by atoms with Crippen molar-refractivity contribution < 1.29 is 9.90 Å². The third-order valence-electron chi connectivity index (χ3n) is 4.53. The number of benzene rings is 3. The second-order valence-electron chi connectivity index (χ2n) is 6.57. The van der Waals surface area contributed by atoms with Crippen molar-refractivity contribution in [1.29, 1.82) is 0 Å². The van der Waals surface area contributed by atoms with E-state index in [-0.39, 0.29) is 5.91 Å². The lowest BCUT2D eigenvalue weighted by Crippen LogP contribution is -2.25. The zero-order chi connectivity index (χ0) is 18.5. The number of carbonyl (C=O) groups excluding carboxylic acids is 1. The fraction of sp³-hybridized carbons (Fsp3) is 0.227. The van der Waals surface area contributed by atoms with Crippen LogP contribution in [-0.2, 0) is 0 Å². The van der Waals surface area contributed by atoms with E-state index in [2.05, 4.69) is 5.32 Å². The predicted molar refractivity (Wildman–Crippen MR) is 107 cm³/mol. The Bertz CT molecular complexity index is 883. The molecular formula is C22H24N2O2. The van der Waals surface area contributed by atoms with Crippen LogP contribution in [0.1, 0.15) is 28.4 Å². The molecule has 0 radical (unpaired) electrons. The maximum Gasteiger partial charge on any atom is 0.251 e. The van der Waals surface area contributed by atoms with Crippen molar-refractivity contribution in [2.24, 2.45) is 0 Å². The molecule has 0 heterocycles. The molecule has 0 saturated carbocycles. The van der Waals surface area contributed by atoms with Crippen molar-refractivity contribution in [3.8, 4) is 0 Å². The van der Waals surface area contributed by atoms with Crippen molar-refractivity contribution in [2.45, 2.75) is 12.5 Å². The molecule has 2 N–H and O–H groups in total. The number of amides is 1. The second kappa shape index (κ2) is 8.02. The van der Waals surface area contributed by atoms with Gasteiger partial charge in [-0.05, 0) is 47.0 Å². The average Bonchev–Trinajstić information content (AvgIpc) is 2.67. The van der Waals surface area contributed by atoms with Crippen LogP contribution >= 0.6 is 0 Å². The Balaban J connectivity index is 1.59. The molecule has 0 fully saturated rings. The largest absolute Gasteiger partial charge is 0.388 e. The minimum Gasteiger partial charge on any atom is -0.388 e. The van der Waals surface area contributed by atoms with Crippen molar-refractivity contribution in [1.82, 2.24) is 5.32 Å². The number of hydrogen-bond donors (Lipinski definition) is 2. The Hall–Kier alpha value is -2.85. The van der Waals surface area contributed by atoms with Crippen molar-refractivity contribution in [2.75, 3.05) is 25.5 Å². The van der Waals surface area contributed by atoms with Crippen LogP contribution in [-0.4, -0.2) is 31.7 Å². The fourth-order valence-electron chi connectivity index (χ4n) is 3.03. The maximum absolute atomic E-state index is 12.2. The standard InChI is InChI=1S/C22H24N2O2/c1-24(2)18-12-10-17(11-13-18)22(26)23-15-14-21(25)20-9-5-7-16-6-3-4-8-19(16)20/h3-13,21,25H,14-15H2,1-2H3,(H,23,26). The average molecular weight is 348 g/mol. The zero-order valence-corrected chi connectivity index (χ0v) is 15.1. The molecule has 26 heavy (non-hydrogen) atoms. The van der Waals surface area contributed by atoms with Crippen LogP contribution in [0.15, 0.2) is 66.7 Å². The first kappa shape index (κ1) is 18.0. The number of hydrogen-bond acceptors (Lipinski definition) is 3. The molecule has 0 aliphatic rings. The van der Waals surface area contributed by atoms with Gasteiger partial charge < -0.3 is 15.3 Å². The number of anilines is 1. The number of aliphatic hydroxyl groups is 1. The summed E-state index contributed by atoms with van der Waals surface area (Å²) in [7, 11) is 3.92. The van der Waals surface area contributed by atoms with Gasteiger partial charge in [0.2, 0.25) is 0 Å². The van der Waals surface area contributed by atoms with Crippen LogP contribution in [0.25, 0.3) is 10.8 Å². The summed E-state index contributed by atoms with van der Waals surface area (Å²) in [5.74, 6) is -0.125. The molecule has 0 saturated heterocycles. The Morgan fingerprint density at radius 1 is 1.00 bits per heavy atom. The van der Waals surface area contributed by atoms with Crippen LogP contribution in [0.3, 0.4) is 0 Å². The molecule has 3 aromatic carbocycles. The highest BCUT2D eigenvalue weighted by molar-refractivity contribution is 5.94. The number of aliphatic hydroxyl groups excluding tert-OH is 1. The van der Waals surface area contributed by atoms with Crippen molar-refractivity contribution in [3.63, 3.8) is 0 Å². The van der Waals surface area contributed by atoms with Gasteiger partial charge in [0.15, 0.2) is 0 Å². The summed E-state index contributed by atoms with van der Waals surface area (Å²) >= 11 is 0. The lowest BCUT2D eigenvalue weighted by Gasteiger charge is -2.15. The summed E-state index contributed by atoms with van der Waals surface area (Å²) in [6.45, 7) is 0.415. The Kier molecular flexibility index (Phi) is 5.54. The van der Waals surface area contributed by atoms with E-state index in [0.717, 1.165) is 22.0 Å². The van der Waals surface area contributed by atoms with E-state index >= 15 is 0 Å². The van der Waals surface area contributed by atoms with Crippen LogP contribution < -0.4 is 10.2 Å². The molecule has 0 spiro atoms. The second-order valence-corrected chi connectivity index (χ2v) is 6.57. The fourth-order valence-corrected chi connectivity index (χ4v) is 3.03. The van der Waals surface area contributed by atoms with Crippen LogP contribution in [0.2, 0.25) is 0 Å². The topological polar surface area (TPSA) is 52.6 Å². The van der Waals surface area contributed by atoms with E-state index in [4.69, 9.17) is 0 Å². The first-order valence-corrected chi connectivity index (χ1v) is 8.77. The monoisotopic (exact) mass is 348 g/mol. The molecule has 0 aliphatic carbocycles. The van der Waals surface area contributed by atoms with Crippen LogP contribution in [0.5, 0.6) is 0 Å². The molecule has 134 valence electrons. The molecular weight excluding hydrogens is 324 g/mol. The van der Waals surface area contributed by atoms with E-state index in [1.54, 1.807) is 0 Å². The van der Waals surface area contributed by atoms with Gasteiger partial charge in [0.25, 0.3) is 5.91 Å². The lowest BCUT2D eigenvalue weighted by molar-refractivity contribution is 0.0943. The molecule has 4 heteroatoms. The number of carbonyl (C=O) groups is 1. The molecule has 3 rings (SSSR count). The molecule has 1 amide bonds. The predicted octanol–water partition coefficient (Wildman–Crippen LogP) is 3.76. The van der Waals surface area contributed by atoms with E-state index in [1.807, 2.05) is 85.7 Å². The molecule has 3 aromatic rings. The molecule has 1 atom stereocenters. The summed E-state index contributed by atoms with van der Waals surface area (Å²) in [6, 6.07) is 21.4. The van der Waals surface area contributed by atoms with E-state index in [1.165, 1.54) is 0 Å². The molecule has 0 aliphatic heterocycles. The highest BCUT2D eigenvalue weighted by atomic mass is 16.3. The normalized spacial score (nSPS) is 12.0. The Morgan fingerprint density at radius 2 is 1.69 bits per heavy atom. The maximum atomic E-state index is 12.2. The van der Waals surface area contributed by atoms with Gasteiger partial charge in [0.05, 0.1) is 6.10 Å². The lowest BCUT2D eigenvalue weighted by atomic mass is 9.99. The summed E-state index contributed by atoms with van der Waals surface area (Å²) in [4.78, 5) is 14.2. The van der Waals surface area contributed by atoms with E-state index in [0.29, 0.717) is 18.5 Å². The van der Waals surface area contributed by atoms with Gasteiger partial charge in [-0.25, -0.2) is 0 Å². The SMILES string of the molecule is CN(C)c1ccc(C(=O)NCCC(O)c2cccc3ccccc23)cc1. The number of nitrogens with zero attached hydrogens (tertiary/aromatic N) is 1. The number of fused-ring (bicyclic) bond motifs is 1. The Morgan fingerprint density at radius 3 is 2.42 bits per heavy atom. The third-order valence-corrected chi connectivity index (χ3v) is 4.53. The first-order chi connectivity index (χ1) is 12.6. The van der Waals surface area contributed by atoms with Gasteiger partial charge in [0, 0.05) is 31.9 Å².